The normalized spacial score (nSPS) is 13.0. The van der Waals surface area contributed by atoms with Gasteiger partial charge in [-0.3, -0.25) is 20.2 Å². The highest BCUT2D eigenvalue weighted by atomic mass is 32.2. The molecule has 43 heavy (non-hydrogen) atoms. The maximum Gasteiger partial charge on any atom is 0.269 e. The van der Waals surface area contributed by atoms with Crippen LogP contribution in [0, 0.1) is 55.1 Å². The van der Waals surface area contributed by atoms with E-state index in [4.69, 9.17) is 0 Å². The second-order valence-electron chi connectivity index (χ2n) is 8.96. The molecular weight excluding hydrogens is 598 g/mol. The van der Waals surface area contributed by atoms with Gasteiger partial charge >= 0.3 is 0 Å². The summed E-state index contributed by atoms with van der Waals surface area (Å²) in [5.41, 5.74) is -0.774. The molecule has 0 N–H and O–H groups in total. The first-order chi connectivity index (χ1) is 20.4. The summed E-state index contributed by atoms with van der Waals surface area (Å²) < 4.78 is 84.3. The summed E-state index contributed by atoms with van der Waals surface area (Å²) in [5.74, 6) is -7.00. The summed E-state index contributed by atoms with van der Waals surface area (Å²) in [7, 11) is 0. The molecule has 0 fully saturated rings. The van der Waals surface area contributed by atoms with E-state index in [9.17, 15) is 46.6 Å². The summed E-state index contributed by atoms with van der Waals surface area (Å²) in [6.07, 6.45) is 4.80. The van der Waals surface area contributed by atoms with Gasteiger partial charge in [0.1, 0.15) is 34.9 Å². The second kappa shape index (κ2) is 13.4. The highest BCUT2D eigenvalue weighted by Gasteiger charge is 2.21. The molecule has 0 aliphatic rings. The van der Waals surface area contributed by atoms with Gasteiger partial charge in [0.25, 0.3) is 11.4 Å². The Kier molecular flexibility index (Phi) is 9.66. The van der Waals surface area contributed by atoms with Crippen LogP contribution in [0.4, 0.5) is 37.7 Å². The van der Waals surface area contributed by atoms with Crippen molar-refractivity contribution in [2.24, 2.45) is 0 Å². The van der Waals surface area contributed by atoms with Crippen LogP contribution in [0.2, 0.25) is 0 Å². The Hall–Kier alpha value is -4.91. The lowest BCUT2D eigenvalue weighted by molar-refractivity contribution is -0.385. The summed E-state index contributed by atoms with van der Waals surface area (Å²) in [6, 6.07) is 12.4. The zero-order chi connectivity index (χ0) is 31.3. The van der Waals surface area contributed by atoms with E-state index in [1.54, 1.807) is 0 Å². The Labute approximate surface area is 244 Å². The van der Waals surface area contributed by atoms with Crippen molar-refractivity contribution in [1.29, 1.82) is 0 Å². The van der Waals surface area contributed by atoms with E-state index in [1.807, 2.05) is 0 Å². The number of non-ortho nitro benzene ring substituents is 2. The molecule has 4 aromatic carbocycles. The minimum absolute atomic E-state index is 0.235. The molecule has 0 amide bonds. The molecule has 220 valence electrons. The Morgan fingerprint density at radius 1 is 0.558 bits per heavy atom. The van der Waals surface area contributed by atoms with Crippen LogP contribution in [0.1, 0.15) is 32.8 Å². The highest BCUT2D eigenvalue weighted by molar-refractivity contribution is 8.00. The Balaban J connectivity index is 1.80. The zero-order valence-electron chi connectivity index (χ0n) is 21.6. The summed E-state index contributed by atoms with van der Waals surface area (Å²) in [4.78, 5) is 21.1. The van der Waals surface area contributed by atoms with Crippen molar-refractivity contribution in [3.05, 3.63) is 162 Å². The number of hydrogen-bond donors (Lipinski definition) is 0. The standard InChI is InChI=1S/C30H18F6N2O4S/c31-19-13-25(33)23(26(34)14-19)9-11-29(17-1-5-21(6-2-17)37(39)40)43-30(18-3-7-22(8-4-18)38(41)42)12-10-24-27(35)15-20(32)16-28(24)36/h1-16,29-30H/b11-9-,12-10-. The average Bonchev–Trinajstić information content (AvgIpc) is 2.94. The molecule has 6 nitrogen and oxygen atoms in total. The van der Waals surface area contributed by atoms with Crippen molar-refractivity contribution in [3.8, 4) is 0 Å². The van der Waals surface area contributed by atoms with Crippen molar-refractivity contribution in [2.75, 3.05) is 0 Å². The third-order valence-corrected chi connectivity index (χ3v) is 7.57. The molecule has 2 unspecified atom stereocenters. The molecule has 0 spiro atoms. The Morgan fingerprint density at radius 3 is 1.14 bits per heavy atom. The smallest absolute Gasteiger partial charge is 0.258 e. The molecular formula is C30H18F6N2O4S. The number of nitro groups is 2. The van der Waals surface area contributed by atoms with E-state index in [2.05, 4.69) is 0 Å². The van der Waals surface area contributed by atoms with Crippen molar-refractivity contribution in [1.82, 2.24) is 0 Å². The van der Waals surface area contributed by atoms with Gasteiger partial charge in [-0.05, 0) is 11.1 Å². The number of thioether (sulfide) groups is 1. The number of rotatable bonds is 10. The van der Waals surface area contributed by atoms with Crippen LogP contribution in [0.15, 0.2) is 84.9 Å². The van der Waals surface area contributed by atoms with Crippen molar-refractivity contribution < 1.29 is 36.2 Å². The Bertz CT molecular complexity index is 1560. The van der Waals surface area contributed by atoms with Crippen LogP contribution >= 0.6 is 11.8 Å². The quantitative estimate of drug-likeness (QED) is 0.101. The largest absolute Gasteiger partial charge is 0.269 e. The fourth-order valence-corrected chi connectivity index (χ4v) is 5.27. The van der Waals surface area contributed by atoms with Gasteiger partial charge in [-0.15, -0.1) is 11.8 Å². The van der Waals surface area contributed by atoms with Gasteiger partial charge in [0.2, 0.25) is 0 Å². The molecule has 0 bridgehead atoms. The van der Waals surface area contributed by atoms with Crippen LogP contribution in [-0.2, 0) is 0 Å². The van der Waals surface area contributed by atoms with Crippen LogP contribution in [-0.4, -0.2) is 9.85 Å². The predicted molar refractivity (Wildman–Crippen MR) is 150 cm³/mol. The van der Waals surface area contributed by atoms with E-state index in [1.165, 1.54) is 60.7 Å². The minimum Gasteiger partial charge on any atom is -0.258 e. The summed E-state index contributed by atoms with van der Waals surface area (Å²) in [5, 5.41) is 20.6. The molecule has 0 saturated heterocycles. The first-order valence-electron chi connectivity index (χ1n) is 12.2. The van der Waals surface area contributed by atoms with Gasteiger partial charge in [0, 0.05) is 70.2 Å². The number of hydrogen-bond acceptors (Lipinski definition) is 5. The van der Waals surface area contributed by atoms with Gasteiger partial charge in [0.15, 0.2) is 0 Å². The monoisotopic (exact) mass is 616 g/mol. The van der Waals surface area contributed by atoms with Crippen molar-refractivity contribution in [2.45, 2.75) is 10.5 Å². The molecule has 4 rings (SSSR count). The van der Waals surface area contributed by atoms with Crippen LogP contribution in [0.5, 0.6) is 0 Å². The number of nitrogens with zero attached hydrogens (tertiary/aromatic N) is 2. The summed E-state index contributed by atoms with van der Waals surface area (Å²) >= 11 is 1.04. The first kappa shape index (κ1) is 31.0. The molecule has 0 aliphatic heterocycles. The van der Waals surface area contributed by atoms with Gasteiger partial charge in [0.05, 0.1) is 9.85 Å². The summed E-state index contributed by atoms with van der Waals surface area (Å²) in [6.45, 7) is 0. The van der Waals surface area contributed by atoms with E-state index >= 15 is 0 Å². The third kappa shape index (κ3) is 7.68. The van der Waals surface area contributed by atoms with Gasteiger partial charge in [-0.2, -0.15) is 0 Å². The SMILES string of the molecule is O=[N+]([O-])c1ccc(C(/C=C\c2c(F)cc(F)cc2F)SC(/C=C\c2c(F)cc(F)cc2F)c2ccc([N+](=O)[O-])cc2)cc1. The lowest BCUT2D eigenvalue weighted by Gasteiger charge is -2.20. The zero-order valence-corrected chi connectivity index (χ0v) is 22.4. The lowest BCUT2D eigenvalue weighted by atomic mass is 10.1. The van der Waals surface area contributed by atoms with Crippen LogP contribution < -0.4 is 0 Å². The number of benzene rings is 4. The lowest BCUT2D eigenvalue weighted by Crippen LogP contribution is -1.99. The number of halogens is 6. The van der Waals surface area contributed by atoms with Crippen LogP contribution in [0.25, 0.3) is 12.2 Å². The molecule has 13 heteroatoms. The molecule has 0 aromatic heterocycles. The molecule has 0 saturated carbocycles. The van der Waals surface area contributed by atoms with Gasteiger partial charge in [-0.25, -0.2) is 26.3 Å². The van der Waals surface area contributed by atoms with Crippen molar-refractivity contribution in [3.63, 3.8) is 0 Å². The van der Waals surface area contributed by atoms with Gasteiger partial charge < -0.3 is 0 Å². The molecule has 0 radical (unpaired) electrons. The fraction of sp³-hybridized carbons (Fsp3) is 0.0667. The topological polar surface area (TPSA) is 86.3 Å². The third-order valence-electron chi connectivity index (χ3n) is 6.12. The average molecular weight is 617 g/mol. The molecule has 0 heterocycles. The number of nitro benzene ring substituents is 2. The van der Waals surface area contributed by atoms with E-state index in [0.717, 1.165) is 23.9 Å². The van der Waals surface area contributed by atoms with E-state index < -0.39 is 66.4 Å². The maximum absolute atomic E-state index is 14.4. The van der Waals surface area contributed by atoms with Crippen molar-refractivity contribution >= 4 is 35.3 Å². The maximum atomic E-state index is 14.4. The molecule has 2 atom stereocenters. The molecule has 4 aromatic rings. The predicted octanol–water partition coefficient (Wildman–Crippen LogP) is 9.28. The Morgan fingerprint density at radius 2 is 0.860 bits per heavy atom. The van der Waals surface area contributed by atoms with E-state index in [0.29, 0.717) is 35.4 Å². The van der Waals surface area contributed by atoms with Crippen LogP contribution in [0.3, 0.4) is 0 Å². The first-order valence-corrected chi connectivity index (χ1v) is 13.2. The fourth-order valence-electron chi connectivity index (χ4n) is 3.99. The molecule has 0 aliphatic carbocycles. The minimum atomic E-state index is -1.18. The van der Waals surface area contributed by atoms with E-state index in [-0.39, 0.29) is 11.4 Å². The highest BCUT2D eigenvalue weighted by Crippen LogP contribution is 2.44. The van der Waals surface area contributed by atoms with Gasteiger partial charge in [-0.1, -0.05) is 48.6 Å². The second-order valence-corrected chi connectivity index (χ2v) is 10.2.